The number of carbonyl (C=O) groups excluding carboxylic acids is 2. The van der Waals surface area contributed by atoms with E-state index in [0.717, 1.165) is 21.3 Å². The normalized spacial score (nSPS) is 12.9. The molecule has 10 heteroatoms. The zero-order valence-corrected chi connectivity index (χ0v) is 19.5. The number of hydrogen-bond donors (Lipinski definition) is 0. The summed E-state index contributed by atoms with van der Waals surface area (Å²) in [5.41, 5.74) is 1.07. The summed E-state index contributed by atoms with van der Waals surface area (Å²) in [6, 6.07) is 19.3. The lowest BCUT2D eigenvalue weighted by Crippen LogP contribution is -2.33. The highest BCUT2D eigenvalue weighted by molar-refractivity contribution is 9.10. The predicted octanol–water partition coefficient (Wildman–Crippen LogP) is 3.82. The van der Waals surface area contributed by atoms with E-state index in [1.54, 1.807) is 48.5 Å². The van der Waals surface area contributed by atoms with Crippen LogP contribution >= 0.6 is 15.9 Å². The molecule has 0 amide bonds. The molecule has 1 aromatic heterocycles. The van der Waals surface area contributed by atoms with Crippen LogP contribution in [0.3, 0.4) is 0 Å². The number of rotatable bonds is 7. The maximum absolute atomic E-state index is 13.2. The molecule has 2 aromatic carbocycles. The van der Waals surface area contributed by atoms with E-state index in [1.807, 2.05) is 12.1 Å². The van der Waals surface area contributed by atoms with Crippen LogP contribution in [0.15, 0.2) is 94.2 Å². The molecule has 1 aliphatic heterocycles. The van der Waals surface area contributed by atoms with E-state index >= 15 is 0 Å². The van der Waals surface area contributed by atoms with Crippen LogP contribution in [0.1, 0.15) is 21.6 Å². The van der Waals surface area contributed by atoms with Gasteiger partial charge in [0.1, 0.15) is 18.8 Å². The standard InChI is InChI=1S/C23H17BrN2O6S/c24-19-11-12-26(20(19)23(28)32-15-17-9-5-2-6-10-17)33(29,30)21-18(13-25-21)22(27)31-14-16-7-3-1-4-8-16/h1-13H,14-15H2. The molecular formula is C23H17BrN2O6S. The van der Waals surface area contributed by atoms with Crippen molar-refractivity contribution in [3.63, 3.8) is 0 Å². The van der Waals surface area contributed by atoms with Gasteiger partial charge in [-0.15, -0.1) is 0 Å². The van der Waals surface area contributed by atoms with Gasteiger partial charge in [0.2, 0.25) is 0 Å². The summed E-state index contributed by atoms with van der Waals surface area (Å²) >= 11 is 3.19. The van der Waals surface area contributed by atoms with Crippen molar-refractivity contribution in [2.45, 2.75) is 13.2 Å². The third-order valence-corrected chi connectivity index (χ3v) is 6.96. The van der Waals surface area contributed by atoms with E-state index in [1.165, 1.54) is 12.3 Å². The lowest BCUT2D eigenvalue weighted by Gasteiger charge is -2.17. The molecule has 0 unspecified atom stereocenters. The Morgan fingerprint density at radius 2 is 1.39 bits per heavy atom. The molecule has 168 valence electrons. The number of aromatic nitrogens is 1. The summed E-state index contributed by atoms with van der Waals surface area (Å²) in [4.78, 5) is 28.9. The number of hydrogen-bond acceptors (Lipinski definition) is 7. The Morgan fingerprint density at radius 3 is 1.91 bits per heavy atom. The van der Waals surface area contributed by atoms with Crippen molar-refractivity contribution < 1.29 is 27.5 Å². The van der Waals surface area contributed by atoms with Crippen molar-refractivity contribution in [1.29, 1.82) is 0 Å². The highest BCUT2D eigenvalue weighted by Crippen LogP contribution is 2.26. The molecule has 3 aromatic rings. The molecule has 8 nitrogen and oxygen atoms in total. The molecule has 0 spiro atoms. The molecule has 0 N–H and O–H groups in total. The van der Waals surface area contributed by atoms with Crippen LogP contribution in [0, 0.1) is 0 Å². The van der Waals surface area contributed by atoms with E-state index < -0.39 is 27.0 Å². The first-order valence-corrected chi connectivity index (χ1v) is 11.9. The van der Waals surface area contributed by atoms with E-state index in [9.17, 15) is 18.0 Å². The van der Waals surface area contributed by atoms with Crippen molar-refractivity contribution in [3.05, 3.63) is 106 Å². The number of carbonyl (C=O) groups is 2. The molecule has 0 radical (unpaired) electrons. The lowest BCUT2D eigenvalue weighted by molar-refractivity contribution is -0.139. The average Bonchev–Trinajstić information content (AvgIpc) is 3.19. The second-order valence-corrected chi connectivity index (χ2v) is 9.50. The maximum atomic E-state index is 13.2. The minimum atomic E-state index is -4.35. The first-order chi connectivity index (χ1) is 15.9. The number of nitrogens with zero attached hydrogens (tertiary/aromatic N) is 2. The van der Waals surface area contributed by atoms with Gasteiger partial charge in [0.15, 0.2) is 10.7 Å². The fourth-order valence-corrected chi connectivity index (χ4v) is 5.00. The number of esters is 2. The zero-order chi connectivity index (χ0) is 23.4. The summed E-state index contributed by atoms with van der Waals surface area (Å²) < 4.78 is 37.8. The molecule has 0 fully saturated rings. The minimum Gasteiger partial charge on any atom is -0.457 e. The van der Waals surface area contributed by atoms with E-state index in [2.05, 4.69) is 20.9 Å². The summed E-state index contributed by atoms with van der Waals surface area (Å²) in [7, 11) is -4.35. The Morgan fingerprint density at radius 1 is 0.848 bits per heavy atom. The topological polar surface area (TPSA) is 104 Å². The van der Waals surface area contributed by atoms with Crippen LogP contribution in [0.2, 0.25) is 0 Å². The van der Waals surface area contributed by atoms with Crippen molar-refractivity contribution in [2.75, 3.05) is 0 Å². The highest BCUT2D eigenvalue weighted by atomic mass is 79.9. The van der Waals surface area contributed by atoms with Crippen LogP contribution in [0.4, 0.5) is 0 Å². The number of benzene rings is 2. The Balaban J connectivity index is 1.48. The largest absolute Gasteiger partial charge is 0.457 e. The van der Waals surface area contributed by atoms with Gasteiger partial charge in [0.25, 0.3) is 10.0 Å². The average molecular weight is 529 g/mol. The summed E-state index contributed by atoms with van der Waals surface area (Å²) in [5, 5.41) is -0.485. The summed E-state index contributed by atoms with van der Waals surface area (Å²) in [6.45, 7) is -0.0499. The smallest absolute Gasteiger partial charge is 0.357 e. The predicted molar refractivity (Wildman–Crippen MR) is 124 cm³/mol. The van der Waals surface area contributed by atoms with Gasteiger partial charge in [0, 0.05) is 12.4 Å². The lowest BCUT2D eigenvalue weighted by atomic mass is 10.2. The van der Waals surface area contributed by atoms with Crippen molar-refractivity contribution in [1.82, 2.24) is 3.97 Å². The number of halogens is 1. The fourth-order valence-electron chi connectivity index (χ4n) is 2.99. The first-order valence-electron chi connectivity index (χ1n) is 9.71. The molecule has 0 aliphatic carbocycles. The molecule has 33 heavy (non-hydrogen) atoms. The summed E-state index contributed by atoms with van der Waals surface area (Å²) in [5.74, 6) is -1.68. The van der Waals surface area contributed by atoms with Gasteiger partial charge in [-0.3, -0.25) is 0 Å². The van der Waals surface area contributed by atoms with Gasteiger partial charge in [-0.05, 0) is 33.1 Å². The number of ether oxygens (including phenoxy) is 2. The van der Waals surface area contributed by atoms with Crippen LogP contribution in [0.25, 0.3) is 0 Å². The monoisotopic (exact) mass is 528 g/mol. The third kappa shape index (κ3) is 4.81. The van der Waals surface area contributed by atoms with Crippen LogP contribution in [-0.2, 0) is 37.5 Å². The van der Waals surface area contributed by atoms with E-state index in [-0.39, 0.29) is 29.0 Å². The maximum Gasteiger partial charge on any atom is 0.357 e. The molecule has 0 bridgehead atoms. The number of aliphatic imine (C=N–C) groups is 1. The quantitative estimate of drug-likeness (QED) is 0.431. The SMILES string of the molecule is O=C(OCc1ccccc1)C1=CN=C1S(=O)(=O)n1ccc(Br)c1C(=O)OCc1ccccc1. The Bertz CT molecular complexity index is 1360. The molecule has 1 aliphatic rings. The Labute approximate surface area is 198 Å². The molecule has 0 atom stereocenters. The van der Waals surface area contributed by atoms with Gasteiger partial charge < -0.3 is 9.47 Å². The van der Waals surface area contributed by atoms with Gasteiger partial charge in [-0.2, -0.15) is 8.42 Å². The van der Waals surface area contributed by atoms with E-state index in [4.69, 9.17) is 9.47 Å². The van der Waals surface area contributed by atoms with Gasteiger partial charge in [0.05, 0.1) is 4.47 Å². The van der Waals surface area contributed by atoms with Crippen molar-refractivity contribution >= 4 is 42.9 Å². The minimum absolute atomic E-state index is 0.0174. The highest BCUT2D eigenvalue weighted by Gasteiger charge is 2.37. The zero-order valence-electron chi connectivity index (χ0n) is 17.0. The van der Waals surface area contributed by atoms with Crippen LogP contribution < -0.4 is 0 Å². The second-order valence-electron chi connectivity index (χ2n) is 6.91. The van der Waals surface area contributed by atoms with Crippen molar-refractivity contribution in [2.24, 2.45) is 4.99 Å². The Hall–Kier alpha value is -3.50. The Kier molecular flexibility index (Phi) is 6.57. The molecule has 4 rings (SSSR count). The van der Waals surface area contributed by atoms with Gasteiger partial charge >= 0.3 is 11.9 Å². The fraction of sp³-hybridized carbons (Fsp3) is 0.0870. The molecule has 0 saturated carbocycles. The second kappa shape index (κ2) is 9.55. The van der Waals surface area contributed by atoms with Gasteiger partial charge in [-0.1, -0.05) is 60.7 Å². The van der Waals surface area contributed by atoms with Gasteiger partial charge in [-0.25, -0.2) is 18.6 Å². The van der Waals surface area contributed by atoms with E-state index in [0.29, 0.717) is 0 Å². The molecule has 2 heterocycles. The third-order valence-electron chi connectivity index (χ3n) is 4.69. The van der Waals surface area contributed by atoms with Crippen LogP contribution in [0.5, 0.6) is 0 Å². The molecule has 0 saturated heterocycles. The summed E-state index contributed by atoms with van der Waals surface area (Å²) in [6.07, 6.45) is 2.30. The first kappa shape index (κ1) is 22.7. The van der Waals surface area contributed by atoms with Crippen LogP contribution in [-0.4, -0.2) is 29.4 Å². The molecular weight excluding hydrogens is 512 g/mol. The van der Waals surface area contributed by atoms with Crippen molar-refractivity contribution in [3.8, 4) is 0 Å².